The van der Waals surface area contributed by atoms with E-state index in [-0.39, 0.29) is 12.0 Å². The van der Waals surface area contributed by atoms with Gasteiger partial charge in [0.2, 0.25) is 5.91 Å². The predicted molar refractivity (Wildman–Crippen MR) is 88.6 cm³/mol. The highest BCUT2D eigenvalue weighted by atomic mass is 32.2. The maximum atomic E-state index is 11.7. The molecule has 0 aliphatic carbocycles. The number of benzene rings is 1. The lowest BCUT2D eigenvalue weighted by Crippen LogP contribution is -2.18. The third-order valence-corrected chi connectivity index (χ3v) is 4.16. The summed E-state index contributed by atoms with van der Waals surface area (Å²) in [4.78, 5) is 29.7. The molecule has 0 atom stereocenters. The molecule has 0 spiro atoms. The summed E-state index contributed by atoms with van der Waals surface area (Å²) < 4.78 is 0. The second-order valence-corrected chi connectivity index (χ2v) is 6.10. The standard InChI is InChI=1S/C16H19N3O3S/c20-14(19-22)7-4-10-23-16-17-13(11-15(21)18-16)9-8-12-5-2-1-3-6-12/h1-3,5-6,11,22H,4,7-10H2,(H,19,20)(H,17,18,21). The van der Waals surface area contributed by atoms with Crippen molar-refractivity contribution in [3.05, 3.63) is 58.0 Å². The van der Waals surface area contributed by atoms with Crippen LogP contribution in [0.3, 0.4) is 0 Å². The van der Waals surface area contributed by atoms with Crippen LogP contribution in [0.2, 0.25) is 0 Å². The van der Waals surface area contributed by atoms with Crippen LogP contribution in [0.15, 0.2) is 46.3 Å². The first-order chi connectivity index (χ1) is 11.2. The molecule has 0 radical (unpaired) electrons. The van der Waals surface area contributed by atoms with Gasteiger partial charge in [-0.25, -0.2) is 10.5 Å². The highest BCUT2D eigenvalue weighted by molar-refractivity contribution is 7.99. The Hall–Kier alpha value is -2.12. The van der Waals surface area contributed by atoms with E-state index in [4.69, 9.17) is 5.21 Å². The van der Waals surface area contributed by atoms with Crippen LogP contribution in [-0.2, 0) is 17.6 Å². The van der Waals surface area contributed by atoms with E-state index in [9.17, 15) is 9.59 Å². The molecule has 1 heterocycles. The van der Waals surface area contributed by atoms with E-state index in [1.165, 1.54) is 23.4 Å². The summed E-state index contributed by atoms with van der Waals surface area (Å²) in [7, 11) is 0. The van der Waals surface area contributed by atoms with Crippen molar-refractivity contribution in [1.82, 2.24) is 15.4 Å². The maximum absolute atomic E-state index is 11.7. The lowest BCUT2D eigenvalue weighted by atomic mass is 10.1. The molecule has 0 bridgehead atoms. The Balaban J connectivity index is 1.88. The van der Waals surface area contributed by atoms with Crippen molar-refractivity contribution in [1.29, 1.82) is 0 Å². The Kier molecular flexibility index (Phi) is 6.83. The topological polar surface area (TPSA) is 95.1 Å². The highest BCUT2D eigenvalue weighted by Crippen LogP contribution is 2.14. The molecule has 0 unspecified atom stereocenters. The molecular formula is C16H19N3O3S. The van der Waals surface area contributed by atoms with Crippen molar-refractivity contribution in [3.63, 3.8) is 0 Å². The average molecular weight is 333 g/mol. The van der Waals surface area contributed by atoms with Crippen molar-refractivity contribution >= 4 is 17.7 Å². The van der Waals surface area contributed by atoms with E-state index in [1.807, 2.05) is 18.2 Å². The zero-order chi connectivity index (χ0) is 16.5. The molecule has 6 nitrogen and oxygen atoms in total. The number of carbonyl (C=O) groups is 1. The van der Waals surface area contributed by atoms with E-state index in [1.54, 1.807) is 5.48 Å². The third kappa shape index (κ3) is 6.25. The number of hydrogen-bond acceptors (Lipinski definition) is 5. The molecule has 1 aromatic carbocycles. The molecule has 2 rings (SSSR count). The molecular weight excluding hydrogens is 314 g/mol. The van der Waals surface area contributed by atoms with Gasteiger partial charge in [0, 0.05) is 23.9 Å². The summed E-state index contributed by atoms with van der Waals surface area (Å²) in [5.74, 6) is 0.224. The summed E-state index contributed by atoms with van der Waals surface area (Å²) in [5.41, 5.74) is 3.39. The largest absolute Gasteiger partial charge is 0.301 e. The quantitative estimate of drug-likeness (QED) is 0.226. The van der Waals surface area contributed by atoms with E-state index < -0.39 is 5.91 Å². The van der Waals surface area contributed by atoms with Crippen molar-refractivity contribution in [2.75, 3.05) is 5.75 Å². The molecule has 0 aliphatic rings. The van der Waals surface area contributed by atoms with E-state index in [0.29, 0.717) is 23.8 Å². The second-order valence-electron chi connectivity index (χ2n) is 5.01. The lowest BCUT2D eigenvalue weighted by Gasteiger charge is -2.04. The minimum Gasteiger partial charge on any atom is -0.301 e. The van der Waals surface area contributed by atoms with Crippen molar-refractivity contribution in [2.45, 2.75) is 30.8 Å². The summed E-state index contributed by atoms with van der Waals surface area (Å²) in [6.45, 7) is 0. The smallest absolute Gasteiger partial charge is 0.251 e. The van der Waals surface area contributed by atoms with Crippen LogP contribution < -0.4 is 11.0 Å². The molecule has 1 aromatic heterocycles. The van der Waals surface area contributed by atoms with Gasteiger partial charge in [0.15, 0.2) is 5.16 Å². The molecule has 1 amide bonds. The summed E-state index contributed by atoms with van der Waals surface area (Å²) >= 11 is 1.39. The second kappa shape index (κ2) is 9.12. The summed E-state index contributed by atoms with van der Waals surface area (Å²) in [5, 5.41) is 8.97. The first kappa shape index (κ1) is 17.2. The number of nitrogens with zero attached hydrogens (tertiary/aromatic N) is 1. The van der Waals surface area contributed by atoms with Crippen molar-refractivity contribution in [2.24, 2.45) is 0 Å². The number of rotatable bonds is 8. The Morgan fingerprint density at radius 3 is 2.78 bits per heavy atom. The molecule has 0 saturated heterocycles. The first-order valence-electron chi connectivity index (χ1n) is 7.37. The van der Waals surface area contributed by atoms with Crippen LogP contribution in [0, 0.1) is 0 Å². The Labute approximate surface area is 138 Å². The number of aromatic amines is 1. The molecule has 0 fully saturated rings. The SMILES string of the molecule is O=C(CCCSc1nc(CCc2ccccc2)cc(=O)[nH]1)NO. The van der Waals surface area contributed by atoms with E-state index >= 15 is 0 Å². The molecule has 0 saturated carbocycles. The molecule has 2 aromatic rings. The zero-order valence-electron chi connectivity index (χ0n) is 12.6. The average Bonchev–Trinajstić information content (AvgIpc) is 2.57. The van der Waals surface area contributed by atoms with Gasteiger partial charge >= 0.3 is 0 Å². The van der Waals surface area contributed by atoms with Gasteiger partial charge < -0.3 is 4.98 Å². The minimum atomic E-state index is -0.413. The van der Waals surface area contributed by atoms with Crippen LogP contribution in [0.25, 0.3) is 0 Å². The van der Waals surface area contributed by atoms with Crippen LogP contribution in [-0.4, -0.2) is 26.8 Å². The molecule has 0 aliphatic heterocycles. The van der Waals surface area contributed by atoms with Gasteiger partial charge in [-0.1, -0.05) is 42.1 Å². The Morgan fingerprint density at radius 2 is 2.04 bits per heavy atom. The van der Waals surface area contributed by atoms with Gasteiger partial charge in [-0.2, -0.15) is 0 Å². The Morgan fingerprint density at radius 1 is 1.26 bits per heavy atom. The molecule has 122 valence electrons. The fraction of sp³-hybridized carbons (Fsp3) is 0.312. The van der Waals surface area contributed by atoms with Gasteiger partial charge in [-0.15, -0.1) is 0 Å². The zero-order valence-corrected chi connectivity index (χ0v) is 13.4. The van der Waals surface area contributed by atoms with Crippen LogP contribution in [0.1, 0.15) is 24.1 Å². The van der Waals surface area contributed by atoms with Crippen LogP contribution in [0.5, 0.6) is 0 Å². The minimum absolute atomic E-state index is 0.168. The highest BCUT2D eigenvalue weighted by Gasteiger charge is 2.04. The normalized spacial score (nSPS) is 10.5. The fourth-order valence-corrected chi connectivity index (χ4v) is 2.89. The van der Waals surface area contributed by atoms with Gasteiger partial charge in [0.1, 0.15) is 0 Å². The van der Waals surface area contributed by atoms with Gasteiger partial charge in [0.25, 0.3) is 5.56 Å². The number of hydroxylamine groups is 1. The fourth-order valence-electron chi connectivity index (χ4n) is 2.05. The summed E-state index contributed by atoms with van der Waals surface area (Å²) in [6.07, 6.45) is 2.36. The van der Waals surface area contributed by atoms with Gasteiger partial charge in [-0.3, -0.25) is 14.8 Å². The Bertz CT molecular complexity index is 688. The number of carbonyl (C=O) groups excluding carboxylic acids is 1. The van der Waals surface area contributed by atoms with E-state index in [2.05, 4.69) is 22.1 Å². The van der Waals surface area contributed by atoms with Crippen molar-refractivity contribution < 1.29 is 10.0 Å². The predicted octanol–water partition coefficient (Wildman–Crippen LogP) is 1.93. The number of H-pyrrole nitrogens is 1. The van der Waals surface area contributed by atoms with Gasteiger partial charge in [0.05, 0.1) is 0 Å². The van der Waals surface area contributed by atoms with Crippen LogP contribution in [0.4, 0.5) is 0 Å². The molecule has 7 heteroatoms. The first-order valence-corrected chi connectivity index (χ1v) is 8.36. The molecule has 23 heavy (non-hydrogen) atoms. The van der Waals surface area contributed by atoms with Gasteiger partial charge in [-0.05, 0) is 24.8 Å². The third-order valence-electron chi connectivity index (χ3n) is 3.20. The number of amides is 1. The summed E-state index contributed by atoms with van der Waals surface area (Å²) in [6, 6.07) is 11.6. The maximum Gasteiger partial charge on any atom is 0.251 e. The lowest BCUT2D eigenvalue weighted by molar-refractivity contribution is -0.129. The van der Waals surface area contributed by atoms with Crippen molar-refractivity contribution in [3.8, 4) is 0 Å². The monoisotopic (exact) mass is 333 g/mol. The number of aromatic nitrogens is 2. The number of thioether (sulfide) groups is 1. The number of nitrogens with one attached hydrogen (secondary N) is 2. The van der Waals surface area contributed by atoms with Crippen LogP contribution >= 0.6 is 11.8 Å². The molecule has 3 N–H and O–H groups in total. The van der Waals surface area contributed by atoms with E-state index in [0.717, 1.165) is 12.1 Å². The number of aryl methyl sites for hydroxylation is 2. The number of hydrogen-bond donors (Lipinski definition) is 3.